The number of esters is 2. The maximum atomic E-state index is 12.4. The molecule has 33 heavy (non-hydrogen) atoms. The van der Waals surface area contributed by atoms with Crippen molar-refractivity contribution in [3.05, 3.63) is 71.5 Å². The standard InChI is InChI=1S/C24H29N5O4/c1-5-33-21(30)15-20(17-9-7-6-8-10-17)29-23(26-27-28-29)22(16(2)3)25-19-13-11-18(12-14-19)24(31)32-4/h6-14,16,20,22,25H,5,15H2,1-4H3. The van der Waals surface area contributed by atoms with E-state index in [1.54, 1.807) is 23.7 Å². The van der Waals surface area contributed by atoms with Crippen LogP contribution >= 0.6 is 0 Å². The number of rotatable bonds is 10. The third-order valence-corrected chi connectivity index (χ3v) is 5.24. The zero-order valence-electron chi connectivity index (χ0n) is 19.3. The lowest BCUT2D eigenvalue weighted by atomic mass is 10.00. The molecular formula is C24H29N5O4. The highest BCUT2D eigenvalue weighted by Gasteiger charge is 2.29. The number of aromatic nitrogens is 4. The molecule has 2 aromatic carbocycles. The normalized spacial score (nSPS) is 12.8. The number of tetrazole rings is 1. The van der Waals surface area contributed by atoms with E-state index in [-0.39, 0.29) is 24.3 Å². The number of nitrogens with one attached hydrogen (secondary N) is 1. The van der Waals surface area contributed by atoms with Crippen molar-refractivity contribution in [3.63, 3.8) is 0 Å². The molecule has 1 N–H and O–H groups in total. The van der Waals surface area contributed by atoms with Crippen LogP contribution in [0.2, 0.25) is 0 Å². The maximum absolute atomic E-state index is 12.4. The lowest BCUT2D eigenvalue weighted by molar-refractivity contribution is -0.143. The van der Waals surface area contributed by atoms with Crippen LogP contribution in [0.5, 0.6) is 0 Å². The first-order valence-electron chi connectivity index (χ1n) is 10.9. The number of ether oxygens (including phenoxy) is 2. The van der Waals surface area contributed by atoms with Gasteiger partial charge in [-0.15, -0.1) is 5.10 Å². The molecule has 1 aromatic heterocycles. The Morgan fingerprint density at radius 3 is 2.36 bits per heavy atom. The van der Waals surface area contributed by atoms with E-state index in [0.717, 1.165) is 11.3 Å². The predicted octanol–water partition coefficient (Wildman–Crippen LogP) is 3.81. The van der Waals surface area contributed by atoms with Crippen molar-refractivity contribution in [2.24, 2.45) is 5.92 Å². The summed E-state index contributed by atoms with van der Waals surface area (Å²) in [6.45, 7) is 6.20. The van der Waals surface area contributed by atoms with Gasteiger partial charge in [-0.25, -0.2) is 9.48 Å². The molecule has 0 fully saturated rings. The molecule has 3 aromatic rings. The lowest BCUT2D eigenvalue weighted by Crippen LogP contribution is -2.26. The monoisotopic (exact) mass is 451 g/mol. The molecule has 174 valence electrons. The second kappa shape index (κ2) is 11.2. The number of hydrogen-bond acceptors (Lipinski definition) is 8. The largest absolute Gasteiger partial charge is 0.466 e. The molecule has 0 radical (unpaired) electrons. The van der Waals surface area contributed by atoms with Gasteiger partial charge in [0.25, 0.3) is 0 Å². The van der Waals surface area contributed by atoms with Crippen LogP contribution in [0.1, 0.15) is 61.0 Å². The lowest BCUT2D eigenvalue weighted by Gasteiger charge is -2.25. The summed E-state index contributed by atoms with van der Waals surface area (Å²) in [5.74, 6) is 0.00470. The Kier molecular flexibility index (Phi) is 8.12. The molecule has 3 rings (SSSR count). The number of carbonyl (C=O) groups excluding carboxylic acids is 2. The zero-order chi connectivity index (χ0) is 23.8. The number of methoxy groups -OCH3 is 1. The van der Waals surface area contributed by atoms with Crippen molar-refractivity contribution < 1.29 is 19.1 Å². The van der Waals surface area contributed by atoms with Crippen molar-refractivity contribution in [2.45, 2.75) is 39.3 Å². The number of benzene rings is 2. The summed E-state index contributed by atoms with van der Waals surface area (Å²) in [7, 11) is 1.35. The maximum Gasteiger partial charge on any atom is 0.337 e. The van der Waals surface area contributed by atoms with E-state index in [0.29, 0.717) is 18.0 Å². The van der Waals surface area contributed by atoms with Crippen molar-refractivity contribution in [1.29, 1.82) is 0 Å². The van der Waals surface area contributed by atoms with Gasteiger partial charge in [-0.1, -0.05) is 44.2 Å². The van der Waals surface area contributed by atoms with Crippen LogP contribution < -0.4 is 5.32 Å². The highest BCUT2D eigenvalue weighted by atomic mass is 16.5. The first-order valence-corrected chi connectivity index (χ1v) is 10.9. The molecule has 2 atom stereocenters. The Bertz CT molecular complexity index is 1050. The Hall–Kier alpha value is -3.75. The van der Waals surface area contributed by atoms with Gasteiger partial charge < -0.3 is 14.8 Å². The van der Waals surface area contributed by atoms with Crippen LogP contribution in [-0.2, 0) is 14.3 Å². The van der Waals surface area contributed by atoms with Crippen LogP contribution in [0, 0.1) is 5.92 Å². The van der Waals surface area contributed by atoms with Crippen LogP contribution in [-0.4, -0.2) is 45.9 Å². The molecule has 0 aliphatic heterocycles. The molecule has 0 aliphatic rings. The Labute approximate surface area is 193 Å². The van der Waals surface area contributed by atoms with Crippen LogP contribution in [0.25, 0.3) is 0 Å². The fourth-order valence-electron chi connectivity index (χ4n) is 3.56. The van der Waals surface area contributed by atoms with Crippen molar-refractivity contribution in [1.82, 2.24) is 20.2 Å². The quantitative estimate of drug-likeness (QED) is 0.464. The average Bonchev–Trinajstić information content (AvgIpc) is 3.30. The number of hydrogen-bond donors (Lipinski definition) is 1. The van der Waals surface area contributed by atoms with Crippen molar-refractivity contribution >= 4 is 17.6 Å². The highest BCUT2D eigenvalue weighted by molar-refractivity contribution is 5.89. The van der Waals surface area contributed by atoms with Gasteiger partial charge in [0.2, 0.25) is 0 Å². The van der Waals surface area contributed by atoms with Gasteiger partial charge in [0.05, 0.1) is 37.8 Å². The summed E-state index contributed by atoms with van der Waals surface area (Å²) < 4.78 is 11.6. The minimum Gasteiger partial charge on any atom is -0.466 e. The Morgan fingerprint density at radius 2 is 1.76 bits per heavy atom. The smallest absolute Gasteiger partial charge is 0.337 e. The highest BCUT2D eigenvalue weighted by Crippen LogP contribution is 2.30. The predicted molar refractivity (Wildman–Crippen MR) is 123 cm³/mol. The summed E-state index contributed by atoms with van der Waals surface area (Å²) in [5.41, 5.74) is 2.18. The van der Waals surface area contributed by atoms with E-state index >= 15 is 0 Å². The first kappa shape index (κ1) is 23.9. The third kappa shape index (κ3) is 5.94. The second-order valence-corrected chi connectivity index (χ2v) is 7.85. The van der Waals surface area contributed by atoms with E-state index in [1.807, 2.05) is 42.5 Å². The van der Waals surface area contributed by atoms with E-state index in [2.05, 4.69) is 34.7 Å². The van der Waals surface area contributed by atoms with Gasteiger partial charge in [-0.3, -0.25) is 4.79 Å². The number of nitrogens with zero attached hydrogens (tertiary/aromatic N) is 4. The molecule has 1 heterocycles. The Morgan fingerprint density at radius 1 is 1.06 bits per heavy atom. The molecule has 2 unspecified atom stereocenters. The molecule has 0 spiro atoms. The fraction of sp³-hybridized carbons (Fsp3) is 0.375. The molecule has 0 saturated carbocycles. The summed E-state index contributed by atoms with van der Waals surface area (Å²) in [4.78, 5) is 24.1. The van der Waals surface area contributed by atoms with Gasteiger partial charge in [-0.05, 0) is 53.1 Å². The zero-order valence-corrected chi connectivity index (χ0v) is 19.3. The van der Waals surface area contributed by atoms with Crippen LogP contribution in [0.4, 0.5) is 5.69 Å². The van der Waals surface area contributed by atoms with E-state index in [4.69, 9.17) is 9.47 Å². The van der Waals surface area contributed by atoms with Gasteiger partial charge in [0.15, 0.2) is 5.82 Å². The van der Waals surface area contributed by atoms with E-state index in [1.165, 1.54) is 7.11 Å². The molecular weight excluding hydrogens is 422 g/mol. The molecule has 0 aliphatic carbocycles. The molecule has 9 heteroatoms. The molecule has 0 bridgehead atoms. The second-order valence-electron chi connectivity index (χ2n) is 7.85. The number of carbonyl (C=O) groups is 2. The van der Waals surface area contributed by atoms with Gasteiger partial charge in [-0.2, -0.15) is 0 Å². The SMILES string of the molecule is CCOC(=O)CC(c1ccccc1)n1nnnc1C(Nc1ccc(C(=O)OC)cc1)C(C)C. The summed E-state index contributed by atoms with van der Waals surface area (Å²) >= 11 is 0. The first-order chi connectivity index (χ1) is 15.9. The average molecular weight is 452 g/mol. The van der Waals surface area contributed by atoms with Gasteiger partial charge in [0, 0.05) is 5.69 Å². The minimum absolute atomic E-state index is 0.106. The molecule has 9 nitrogen and oxygen atoms in total. The van der Waals surface area contributed by atoms with E-state index in [9.17, 15) is 9.59 Å². The van der Waals surface area contributed by atoms with E-state index < -0.39 is 12.0 Å². The van der Waals surface area contributed by atoms with Crippen molar-refractivity contribution in [2.75, 3.05) is 19.0 Å². The van der Waals surface area contributed by atoms with Crippen LogP contribution in [0.3, 0.4) is 0 Å². The summed E-state index contributed by atoms with van der Waals surface area (Å²) in [6, 6.07) is 16.0. The van der Waals surface area contributed by atoms with Crippen LogP contribution in [0.15, 0.2) is 54.6 Å². The third-order valence-electron chi connectivity index (χ3n) is 5.24. The molecule has 0 saturated heterocycles. The Balaban J connectivity index is 1.93. The topological polar surface area (TPSA) is 108 Å². The fourth-order valence-corrected chi connectivity index (χ4v) is 3.56. The minimum atomic E-state index is -0.417. The molecule has 0 amide bonds. The van der Waals surface area contributed by atoms with Gasteiger partial charge in [0.1, 0.15) is 0 Å². The summed E-state index contributed by atoms with van der Waals surface area (Å²) in [6.07, 6.45) is 0.106. The number of anilines is 1. The summed E-state index contributed by atoms with van der Waals surface area (Å²) in [5, 5.41) is 15.9. The van der Waals surface area contributed by atoms with Crippen molar-refractivity contribution in [3.8, 4) is 0 Å². The van der Waals surface area contributed by atoms with Gasteiger partial charge >= 0.3 is 11.9 Å².